The summed E-state index contributed by atoms with van der Waals surface area (Å²) in [6, 6.07) is 9.77. The van der Waals surface area contributed by atoms with E-state index in [1.54, 1.807) is 6.20 Å². The fourth-order valence-electron chi connectivity index (χ4n) is 2.03. The highest BCUT2D eigenvalue weighted by Crippen LogP contribution is 2.33. The van der Waals surface area contributed by atoms with Crippen LogP contribution in [0.4, 0.5) is 0 Å². The zero-order chi connectivity index (χ0) is 12.9. The molecule has 5 nitrogen and oxygen atoms in total. The Labute approximate surface area is 111 Å². The van der Waals surface area contributed by atoms with Crippen LogP contribution in [-0.2, 0) is 13.1 Å². The molecule has 98 valence electrons. The summed E-state index contributed by atoms with van der Waals surface area (Å²) < 4.78 is 11.2. The standard InChI is InChI=1S/C14H15N3O2/c1-3-11(14-13(5-1)18-7-8-19-14)9-15-10-12-4-2-6-16-17-12/h1-6,15H,7-10H2. The van der Waals surface area contributed by atoms with Gasteiger partial charge in [-0.3, -0.25) is 0 Å². The number of benzene rings is 1. The zero-order valence-electron chi connectivity index (χ0n) is 10.5. The van der Waals surface area contributed by atoms with E-state index in [0.29, 0.717) is 26.3 Å². The molecule has 1 aromatic carbocycles. The van der Waals surface area contributed by atoms with E-state index in [2.05, 4.69) is 15.5 Å². The number of aromatic nitrogens is 2. The Morgan fingerprint density at radius 2 is 2.00 bits per heavy atom. The van der Waals surface area contributed by atoms with Gasteiger partial charge < -0.3 is 14.8 Å². The molecule has 0 bridgehead atoms. The van der Waals surface area contributed by atoms with Gasteiger partial charge >= 0.3 is 0 Å². The van der Waals surface area contributed by atoms with Crippen molar-refractivity contribution in [2.75, 3.05) is 13.2 Å². The Hall–Kier alpha value is -2.14. The average molecular weight is 257 g/mol. The van der Waals surface area contributed by atoms with Crippen molar-refractivity contribution in [1.29, 1.82) is 0 Å². The lowest BCUT2D eigenvalue weighted by atomic mass is 10.1. The summed E-state index contributed by atoms with van der Waals surface area (Å²) in [6.45, 7) is 2.61. The Kier molecular flexibility index (Phi) is 3.56. The number of nitrogens with zero attached hydrogens (tertiary/aromatic N) is 2. The third-order valence-corrected chi connectivity index (χ3v) is 2.90. The SMILES string of the molecule is c1cnnc(CNCc2cccc3c2OCCO3)c1. The smallest absolute Gasteiger partial charge is 0.165 e. The van der Waals surface area contributed by atoms with Crippen LogP contribution in [0.15, 0.2) is 36.5 Å². The van der Waals surface area contributed by atoms with Crippen molar-refractivity contribution in [3.05, 3.63) is 47.8 Å². The number of rotatable bonds is 4. The highest BCUT2D eigenvalue weighted by atomic mass is 16.6. The molecule has 0 aliphatic carbocycles. The summed E-state index contributed by atoms with van der Waals surface area (Å²) in [5.74, 6) is 1.67. The van der Waals surface area contributed by atoms with E-state index in [1.165, 1.54) is 0 Å². The Bertz CT molecular complexity index is 546. The summed E-state index contributed by atoms with van der Waals surface area (Å²) in [4.78, 5) is 0. The lowest BCUT2D eigenvalue weighted by Crippen LogP contribution is -2.19. The van der Waals surface area contributed by atoms with Gasteiger partial charge in [0.25, 0.3) is 0 Å². The van der Waals surface area contributed by atoms with Crippen LogP contribution in [0.2, 0.25) is 0 Å². The van der Waals surface area contributed by atoms with Crippen molar-refractivity contribution in [3.63, 3.8) is 0 Å². The number of hydrogen-bond acceptors (Lipinski definition) is 5. The number of para-hydroxylation sites is 1. The van der Waals surface area contributed by atoms with Gasteiger partial charge in [-0.1, -0.05) is 12.1 Å². The van der Waals surface area contributed by atoms with Crippen molar-refractivity contribution >= 4 is 0 Å². The fourth-order valence-corrected chi connectivity index (χ4v) is 2.03. The molecule has 0 fully saturated rings. The molecule has 0 saturated heterocycles. The normalized spacial score (nSPS) is 13.3. The maximum Gasteiger partial charge on any atom is 0.165 e. The van der Waals surface area contributed by atoms with Crippen LogP contribution in [0.5, 0.6) is 11.5 Å². The molecule has 1 aliphatic rings. The van der Waals surface area contributed by atoms with Crippen LogP contribution in [0.3, 0.4) is 0 Å². The molecule has 2 aromatic rings. The molecule has 0 saturated carbocycles. The second-order valence-electron chi connectivity index (χ2n) is 4.26. The van der Waals surface area contributed by atoms with E-state index in [-0.39, 0.29) is 0 Å². The number of ether oxygens (including phenoxy) is 2. The molecule has 0 atom stereocenters. The van der Waals surface area contributed by atoms with E-state index >= 15 is 0 Å². The minimum Gasteiger partial charge on any atom is -0.486 e. The first-order chi connectivity index (χ1) is 9.43. The van der Waals surface area contributed by atoms with Gasteiger partial charge in [0.15, 0.2) is 11.5 Å². The van der Waals surface area contributed by atoms with E-state index < -0.39 is 0 Å². The molecule has 2 heterocycles. The van der Waals surface area contributed by atoms with Crippen molar-refractivity contribution in [1.82, 2.24) is 15.5 Å². The van der Waals surface area contributed by atoms with Crippen LogP contribution in [-0.4, -0.2) is 23.4 Å². The Morgan fingerprint density at radius 3 is 2.89 bits per heavy atom. The monoisotopic (exact) mass is 257 g/mol. The van der Waals surface area contributed by atoms with Crippen molar-refractivity contribution in [2.45, 2.75) is 13.1 Å². The average Bonchev–Trinajstić information content (AvgIpc) is 2.49. The molecule has 1 N–H and O–H groups in total. The van der Waals surface area contributed by atoms with Gasteiger partial charge in [0.2, 0.25) is 0 Å². The van der Waals surface area contributed by atoms with Gasteiger partial charge in [-0.15, -0.1) is 0 Å². The van der Waals surface area contributed by atoms with Crippen LogP contribution in [0.1, 0.15) is 11.3 Å². The van der Waals surface area contributed by atoms with Crippen LogP contribution >= 0.6 is 0 Å². The number of fused-ring (bicyclic) bond motifs is 1. The summed E-state index contributed by atoms with van der Waals surface area (Å²) in [5.41, 5.74) is 2.02. The first kappa shape index (κ1) is 11.9. The van der Waals surface area contributed by atoms with Crippen LogP contribution < -0.4 is 14.8 Å². The van der Waals surface area contributed by atoms with Crippen LogP contribution in [0, 0.1) is 0 Å². The van der Waals surface area contributed by atoms with E-state index in [4.69, 9.17) is 9.47 Å². The molecular weight excluding hydrogens is 242 g/mol. The van der Waals surface area contributed by atoms with Crippen LogP contribution in [0.25, 0.3) is 0 Å². The minimum absolute atomic E-state index is 0.605. The second kappa shape index (κ2) is 5.67. The third kappa shape index (κ3) is 2.82. The predicted molar refractivity (Wildman–Crippen MR) is 70.0 cm³/mol. The molecule has 0 unspecified atom stereocenters. The van der Waals surface area contributed by atoms with Crippen molar-refractivity contribution in [3.8, 4) is 11.5 Å². The Balaban J connectivity index is 1.64. The summed E-state index contributed by atoms with van der Waals surface area (Å²) in [6.07, 6.45) is 1.67. The topological polar surface area (TPSA) is 56.3 Å². The first-order valence-electron chi connectivity index (χ1n) is 6.28. The maximum atomic E-state index is 5.66. The van der Waals surface area contributed by atoms with Gasteiger partial charge in [0, 0.05) is 24.8 Å². The van der Waals surface area contributed by atoms with Gasteiger partial charge in [-0.05, 0) is 18.2 Å². The fraction of sp³-hybridized carbons (Fsp3) is 0.286. The summed E-state index contributed by atoms with van der Waals surface area (Å²) >= 11 is 0. The van der Waals surface area contributed by atoms with Crippen molar-refractivity contribution < 1.29 is 9.47 Å². The van der Waals surface area contributed by atoms with Crippen molar-refractivity contribution in [2.24, 2.45) is 0 Å². The minimum atomic E-state index is 0.605. The highest BCUT2D eigenvalue weighted by Gasteiger charge is 2.14. The summed E-state index contributed by atoms with van der Waals surface area (Å²) in [7, 11) is 0. The van der Waals surface area contributed by atoms with E-state index in [0.717, 1.165) is 22.8 Å². The molecule has 1 aliphatic heterocycles. The lowest BCUT2D eigenvalue weighted by molar-refractivity contribution is 0.169. The predicted octanol–water partition coefficient (Wildman–Crippen LogP) is 1.54. The van der Waals surface area contributed by atoms with E-state index in [1.807, 2.05) is 30.3 Å². The van der Waals surface area contributed by atoms with Gasteiger partial charge in [-0.25, -0.2) is 0 Å². The number of hydrogen-bond donors (Lipinski definition) is 1. The quantitative estimate of drug-likeness (QED) is 0.900. The van der Waals surface area contributed by atoms with Gasteiger partial charge in [0.05, 0.1) is 5.69 Å². The third-order valence-electron chi connectivity index (χ3n) is 2.90. The zero-order valence-corrected chi connectivity index (χ0v) is 10.5. The lowest BCUT2D eigenvalue weighted by Gasteiger charge is -2.21. The molecule has 5 heteroatoms. The molecule has 1 aromatic heterocycles. The molecule has 0 amide bonds. The highest BCUT2D eigenvalue weighted by molar-refractivity contribution is 5.47. The summed E-state index contributed by atoms with van der Waals surface area (Å²) in [5, 5.41) is 11.2. The number of nitrogens with one attached hydrogen (secondary N) is 1. The van der Waals surface area contributed by atoms with Gasteiger partial charge in [-0.2, -0.15) is 10.2 Å². The first-order valence-corrected chi connectivity index (χ1v) is 6.28. The molecule has 0 radical (unpaired) electrons. The molecule has 0 spiro atoms. The largest absolute Gasteiger partial charge is 0.486 e. The molecule has 19 heavy (non-hydrogen) atoms. The van der Waals surface area contributed by atoms with Gasteiger partial charge in [0.1, 0.15) is 13.2 Å². The van der Waals surface area contributed by atoms with E-state index in [9.17, 15) is 0 Å². The molecular formula is C14H15N3O2. The Morgan fingerprint density at radius 1 is 1.05 bits per heavy atom. The molecule has 3 rings (SSSR count). The second-order valence-corrected chi connectivity index (χ2v) is 4.26. The maximum absolute atomic E-state index is 5.66.